The largest absolute Gasteiger partial charge is 0.324 e. The van der Waals surface area contributed by atoms with Crippen molar-refractivity contribution >= 4 is 7.14 Å². The quantitative estimate of drug-likeness (QED) is 0.765. The number of hydrogen-bond donors (Lipinski definition) is 1. The molecule has 76 valence electrons. The van der Waals surface area contributed by atoms with Crippen LogP contribution in [0.3, 0.4) is 0 Å². The minimum Gasteiger partial charge on any atom is -0.324 e. The molecule has 0 bridgehead atoms. The Labute approximate surface area is 82.9 Å². The second-order valence-electron chi connectivity index (χ2n) is 3.64. The molecule has 1 atom stereocenters. The number of nitrogens with one attached hydrogen (secondary N) is 1. The Morgan fingerprint density at radius 3 is 2.86 bits per heavy atom. The number of aromatic nitrogens is 3. The fourth-order valence-electron chi connectivity index (χ4n) is 1.09. The highest BCUT2D eigenvalue weighted by Gasteiger charge is 2.17. The number of H-pyrrole nitrogens is 1. The molecule has 14 heavy (non-hydrogen) atoms. The first-order valence-corrected chi connectivity index (χ1v) is 7.10. The van der Waals surface area contributed by atoms with E-state index in [0.717, 1.165) is 0 Å². The fourth-order valence-corrected chi connectivity index (χ4v) is 1.97. The van der Waals surface area contributed by atoms with E-state index in [-0.39, 0.29) is 5.92 Å². The molecule has 5 nitrogen and oxygen atoms in total. The van der Waals surface area contributed by atoms with E-state index >= 15 is 0 Å². The molecule has 1 aromatic rings. The van der Waals surface area contributed by atoms with E-state index in [9.17, 15) is 4.57 Å². The SMILES string of the molecule is CP(C)(=O)CC[C@H](C#N)c1ncn[nH]1. The fraction of sp³-hybridized carbons (Fsp3) is 0.625. The van der Waals surface area contributed by atoms with Crippen LogP contribution in [0.4, 0.5) is 0 Å². The van der Waals surface area contributed by atoms with Crippen molar-refractivity contribution in [1.82, 2.24) is 15.2 Å². The molecule has 1 heterocycles. The Morgan fingerprint density at radius 1 is 1.71 bits per heavy atom. The van der Waals surface area contributed by atoms with Crippen LogP contribution in [0.5, 0.6) is 0 Å². The van der Waals surface area contributed by atoms with Crippen LogP contribution in [0.1, 0.15) is 18.2 Å². The maximum atomic E-state index is 11.4. The number of nitrogens with zero attached hydrogens (tertiary/aromatic N) is 3. The van der Waals surface area contributed by atoms with Crippen molar-refractivity contribution in [3.63, 3.8) is 0 Å². The lowest BCUT2D eigenvalue weighted by Crippen LogP contribution is -2.01. The van der Waals surface area contributed by atoms with E-state index < -0.39 is 7.14 Å². The predicted molar refractivity (Wildman–Crippen MR) is 53.7 cm³/mol. The lowest BCUT2D eigenvalue weighted by molar-refractivity contribution is 0.579. The summed E-state index contributed by atoms with van der Waals surface area (Å²) < 4.78 is 11.4. The number of aromatic amines is 1. The molecular formula is C8H13N4OP. The van der Waals surface area contributed by atoms with Crippen LogP contribution >= 0.6 is 7.14 Å². The lowest BCUT2D eigenvalue weighted by Gasteiger charge is -2.08. The summed E-state index contributed by atoms with van der Waals surface area (Å²) >= 11 is 0. The number of rotatable bonds is 4. The van der Waals surface area contributed by atoms with Gasteiger partial charge >= 0.3 is 0 Å². The smallest absolute Gasteiger partial charge is 0.141 e. The molecule has 1 aromatic heterocycles. The summed E-state index contributed by atoms with van der Waals surface area (Å²) in [6, 6.07) is 2.12. The third-order valence-corrected chi connectivity index (χ3v) is 3.21. The Bertz CT molecular complexity index is 361. The van der Waals surface area contributed by atoms with Crippen molar-refractivity contribution in [2.24, 2.45) is 0 Å². The van der Waals surface area contributed by atoms with Crippen molar-refractivity contribution < 1.29 is 4.57 Å². The van der Waals surface area contributed by atoms with Crippen LogP contribution in [-0.2, 0) is 4.57 Å². The van der Waals surface area contributed by atoms with Gasteiger partial charge in [-0.05, 0) is 19.8 Å². The Morgan fingerprint density at radius 2 is 2.43 bits per heavy atom. The van der Waals surface area contributed by atoms with Crippen molar-refractivity contribution in [3.05, 3.63) is 12.2 Å². The van der Waals surface area contributed by atoms with E-state index in [2.05, 4.69) is 21.3 Å². The molecule has 0 aliphatic carbocycles. The van der Waals surface area contributed by atoms with Crippen LogP contribution in [0.2, 0.25) is 0 Å². The first kappa shape index (κ1) is 10.9. The summed E-state index contributed by atoms with van der Waals surface area (Å²) in [7, 11) is -2.05. The Hall–Kier alpha value is -1.14. The molecule has 0 fully saturated rings. The molecule has 0 aromatic carbocycles. The summed E-state index contributed by atoms with van der Waals surface area (Å²) in [4.78, 5) is 3.91. The summed E-state index contributed by atoms with van der Waals surface area (Å²) in [5.41, 5.74) is 0. The molecular weight excluding hydrogens is 199 g/mol. The second-order valence-corrected chi connectivity index (χ2v) is 7.23. The van der Waals surface area contributed by atoms with Gasteiger partial charge in [0.1, 0.15) is 18.1 Å². The molecule has 1 N–H and O–H groups in total. The van der Waals surface area contributed by atoms with E-state index in [1.54, 1.807) is 13.3 Å². The first-order chi connectivity index (χ1) is 6.53. The van der Waals surface area contributed by atoms with Crippen molar-refractivity contribution in [2.75, 3.05) is 19.5 Å². The van der Waals surface area contributed by atoms with E-state index in [4.69, 9.17) is 5.26 Å². The van der Waals surface area contributed by atoms with Gasteiger partial charge in [0, 0.05) is 6.16 Å². The summed E-state index contributed by atoms with van der Waals surface area (Å²) in [6.45, 7) is 3.45. The van der Waals surface area contributed by atoms with Gasteiger partial charge < -0.3 is 4.57 Å². The molecule has 0 saturated carbocycles. The Balaban J connectivity index is 2.59. The number of hydrogen-bond acceptors (Lipinski definition) is 4. The highest BCUT2D eigenvalue weighted by Crippen LogP contribution is 2.38. The van der Waals surface area contributed by atoms with Crippen LogP contribution in [-0.4, -0.2) is 34.7 Å². The van der Waals surface area contributed by atoms with Gasteiger partial charge in [0.05, 0.1) is 13.2 Å². The van der Waals surface area contributed by atoms with Gasteiger partial charge in [0.15, 0.2) is 0 Å². The molecule has 0 aliphatic heterocycles. The monoisotopic (exact) mass is 212 g/mol. The lowest BCUT2D eigenvalue weighted by atomic mass is 10.1. The highest BCUT2D eigenvalue weighted by molar-refractivity contribution is 7.62. The molecule has 0 aliphatic rings. The zero-order chi connectivity index (χ0) is 10.6. The van der Waals surface area contributed by atoms with Gasteiger partial charge in [-0.2, -0.15) is 10.4 Å². The normalized spacial score (nSPS) is 13.5. The minimum atomic E-state index is -2.05. The summed E-state index contributed by atoms with van der Waals surface area (Å²) in [6.07, 6.45) is 2.50. The van der Waals surface area contributed by atoms with E-state index in [0.29, 0.717) is 18.4 Å². The number of nitriles is 1. The third-order valence-electron chi connectivity index (χ3n) is 1.88. The maximum Gasteiger partial charge on any atom is 0.141 e. The van der Waals surface area contributed by atoms with Gasteiger partial charge in [-0.15, -0.1) is 0 Å². The standard InChI is InChI=1S/C8H13N4OP/c1-14(2,13)4-3-7(5-9)8-10-6-11-12-8/h6-7H,3-4H2,1-2H3,(H,10,11,12)/t7-/m1/s1. The van der Waals surface area contributed by atoms with E-state index in [1.165, 1.54) is 6.33 Å². The van der Waals surface area contributed by atoms with Crippen LogP contribution in [0.25, 0.3) is 0 Å². The Kier molecular flexibility index (Phi) is 3.43. The average Bonchev–Trinajstić information content (AvgIpc) is 2.56. The topological polar surface area (TPSA) is 82.4 Å². The van der Waals surface area contributed by atoms with Crippen molar-refractivity contribution in [2.45, 2.75) is 12.3 Å². The molecule has 1 rings (SSSR count). The second kappa shape index (κ2) is 4.39. The summed E-state index contributed by atoms with van der Waals surface area (Å²) in [5.74, 6) is 0.228. The average molecular weight is 212 g/mol. The molecule has 6 heteroatoms. The highest BCUT2D eigenvalue weighted by atomic mass is 31.2. The minimum absolute atomic E-state index is 0.328. The summed E-state index contributed by atoms with van der Waals surface area (Å²) in [5, 5.41) is 15.2. The van der Waals surface area contributed by atoms with Gasteiger partial charge in [0.25, 0.3) is 0 Å². The van der Waals surface area contributed by atoms with Gasteiger partial charge in [-0.1, -0.05) is 0 Å². The van der Waals surface area contributed by atoms with Crippen molar-refractivity contribution in [1.29, 1.82) is 5.26 Å². The van der Waals surface area contributed by atoms with Crippen LogP contribution in [0.15, 0.2) is 6.33 Å². The van der Waals surface area contributed by atoms with Crippen LogP contribution in [0, 0.1) is 11.3 Å². The van der Waals surface area contributed by atoms with Gasteiger partial charge in [-0.25, -0.2) is 4.98 Å². The molecule has 0 saturated heterocycles. The van der Waals surface area contributed by atoms with E-state index in [1.807, 2.05) is 0 Å². The maximum absolute atomic E-state index is 11.4. The van der Waals surface area contributed by atoms with Gasteiger partial charge in [0.2, 0.25) is 0 Å². The zero-order valence-corrected chi connectivity index (χ0v) is 9.16. The zero-order valence-electron chi connectivity index (χ0n) is 8.27. The third kappa shape index (κ3) is 3.31. The first-order valence-electron chi connectivity index (χ1n) is 4.32. The molecule has 0 radical (unpaired) electrons. The molecule has 0 amide bonds. The van der Waals surface area contributed by atoms with Gasteiger partial charge in [-0.3, -0.25) is 5.10 Å². The van der Waals surface area contributed by atoms with Crippen molar-refractivity contribution in [3.8, 4) is 6.07 Å². The predicted octanol–water partition coefficient (Wildman–Crippen LogP) is 1.42. The molecule has 0 unspecified atom stereocenters. The molecule has 0 spiro atoms. The van der Waals surface area contributed by atoms with Crippen LogP contribution < -0.4 is 0 Å².